The predicted octanol–water partition coefficient (Wildman–Crippen LogP) is 2.94. The SMILES string of the molecule is CSCC[C@H](NC(=O)c1ccc(CO[C@H](COC(C)(C)C)CC2CCCCC2)cc1-c1ccccc1C)C(=O)[O-].[Li+]. The van der Waals surface area contributed by atoms with Crippen LogP contribution in [0.4, 0.5) is 0 Å². The van der Waals surface area contributed by atoms with Crippen LogP contribution >= 0.6 is 11.8 Å². The second kappa shape index (κ2) is 17.4. The van der Waals surface area contributed by atoms with E-state index in [9.17, 15) is 14.7 Å². The number of benzene rings is 2. The van der Waals surface area contributed by atoms with Gasteiger partial charge in [0.15, 0.2) is 0 Å². The summed E-state index contributed by atoms with van der Waals surface area (Å²) < 4.78 is 12.6. The molecule has 0 spiro atoms. The Morgan fingerprint density at radius 2 is 1.78 bits per heavy atom. The predicted molar refractivity (Wildman–Crippen MR) is 161 cm³/mol. The smallest absolute Gasteiger partial charge is 0.548 e. The van der Waals surface area contributed by atoms with Gasteiger partial charge in [-0.1, -0.05) is 62.4 Å². The molecule has 1 aliphatic carbocycles. The van der Waals surface area contributed by atoms with Crippen LogP contribution in [-0.4, -0.2) is 48.2 Å². The zero-order valence-corrected chi connectivity index (χ0v) is 26.6. The van der Waals surface area contributed by atoms with Crippen LogP contribution in [0.2, 0.25) is 0 Å². The monoisotopic (exact) mass is 575 g/mol. The third-order valence-corrected chi connectivity index (χ3v) is 8.12. The zero-order valence-electron chi connectivity index (χ0n) is 25.8. The van der Waals surface area contributed by atoms with E-state index >= 15 is 0 Å². The second-order valence-corrected chi connectivity index (χ2v) is 12.9. The van der Waals surface area contributed by atoms with Gasteiger partial charge in [0.2, 0.25) is 0 Å². The van der Waals surface area contributed by atoms with Gasteiger partial charge in [0, 0.05) is 5.56 Å². The van der Waals surface area contributed by atoms with Crippen LogP contribution in [0.5, 0.6) is 0 Å². The Morgan fingerprint density at radius 3 is 2.41 bits per heavy atom. The maximum atomic E-state index is 13.3. The van der Waals surface area contributed by atoms with E-state index in [0.717, 1.165) is 28.7 Å². The molecule has 1 fully saturated rings. The van der Waals surface area contributed by atoms with Crippen LogP contribution < -0.4 is 29.3 Å². The largest absolute Gasteiger partial charge is 1.00 e. The molecule has 8 heteroatoms. The van der Waals surface area contributed by atoms with Gasteiger partial charge in [-0.15, -0.1) is 0 Å². The Hall–Kier alpha value is -1.75. The van der Waals surface area contributed by atoms with E-state index in [1.54, 1.807) is 6.07 Å². The van der Waals surface area contributed by atoms with Crippen molar-refractivity contribution in [1.29, 1.82) is 0 Å². The molecule has 2 aromatic rings. The summed E-state index contributed by atoms with van der Waals surface area (Å²) in [6, 6.07) is 12.5. The molecule has 1 N–H and O–H groups in total. The van der Waals surface area contributed by atoms with E-state index in [4.69, 9.17) is 9.47 Å². The average Bonchev–Trinajstić information content (AvgIpc) is 2.92. The number of carbonyl (C=O) groups excluding carboxylic acids is 2. The number of hydrogen-bond donors (Lipinski definition) is 1. The summed E-state index contributed by atoms with van der Waals surface area (Å²) in [5.74, 6) is -0.416. The second-order valence-electron chi connectivity index (χ2n) is 11.9. The van der Waals surface area contributed by atoms with Crippen LogP contribution in [-0.2, 0) is 20.9 Å². The van der Waals surface area contributed by atoms with Gasteiger partial charge in [-0.05, 0) is 92.8 Å². The Labute approximate surface area is 262 Å². The van der Waals surface area contributed by atoms with Crippen molar-refractivity contribution in [3.8, 4) is 11.1 Å². The van der Waals surface area contributed by atoms with Gasteiger partial charge in [-0.2, -0.15) is 11.8 Å². The fourth-order valence-corrected chi connectivity index (χ4v) is 5.71. The van der Waals surface area contributed by atoms with Crippen LogP contribution in [0.3, 0.4) is 0 Å². The van der Waals surface area contributed by atoms with Gasteiger partial charge < -0.3 is 24.7 Å². The van der Waals surface area contributed by atoms with E-state index in [-0.39, 0.29) is 30.6 Å². The van der Waals surface area contributed by atoms with Crippen LogP contribution in [0.25, 0.3) is 11.1 Å². The quantitative estimate of drug-likeness (QED) is 0.349. The van der Waals surface area contributed by atoms with E-state index in [0.29, 0.717) is 36.9 Å². The number of carboxylic acids is 1. The van der Waals surface area contributed by atoms with Crippen molar-refractivity contribution >= 4 is 23.6 Å². The molecule has 1 saturated carbocycles. The first-order chi connectivity index (χ1) is 19.1. The number of nitrogens with one attached hydrogen (secondary N) is 1. The molecule has 0 heterocycles. The molecule has 0 saturated heterocycles. The Kier molecular flexibility index (Phi) is 15.0. The molecule has 2 aromatic carbocycles. The molecule has 220 valence electrons. The summed E-state index contributed by atoms with van der Waals surface area (Å²) in [6.07, 6.45) is 9.59. The summed E-state index contributed by atoms with van der Waals surface area (Å²) in [6.45, 7) is 9.15. The molecule has 3 rings (SSSR count). The van der Waals surface area contributed by atoms with Crippen molar-refractivity contribution in [2.45, 2.75) is 97.0 Å². The van der Waals surface area contributed by atoms with Crippen LogP contribution in [0.1, 0.15) is 87.2 Å². The van der Waals surface area contributed by atoms with E-state index in [1.165, 1.54) is 43.9 Å². The molecular weight excluding hydrogens is 529 g/mol. The first kappa shape index (κ1) is 35.4. The molecule has 1 aliphatic rings. The molecule has 6 nitrogen and oxygen atoms in total. The molecule has 2 atom stereocenters. The van der Waals surface area contributed by atoms with Gasteiger partial charge in [0.05, 0.1) is 36.9 Å². The minimum atomic E-state index is -1.27. The van der Waals surface area contributed by atoms with Crippen molar-refractivity contribution in [2.24, 2.45) is 5.92 Å². The summed E-state index contributed by atoms with van der Waals surface area (Å²) in [4.78, 5) is 25.0. The topological polar surface area (TPSA) is 87.7 Å². The van der Waals surface area contributed by atoms with E-state index in [2.05, 4.69) is 26.1 Å². The number of aryl methyl sites for hydroxylation is 1. The first-order valence-corrected chi connectivity index (χ1v) is 15.9. The third kappa shape index (κ3) is 11.8. The summed E-state index contributed by atoms with van der Waals surface area (Å²) >= 11 is 1.53. The Bertz CT molecular complexity index is 1110. The maximum Gasteiger partial charge on any atom is 1.00 e. The maximum absolute atomic E-state index is 13.3. The molecular formula is C33H46LiNO5S. The fraction of sp³-hybridized carbons (Fsp3) is 0.576. The third-order valence-electron chi connectivity index (χ3n) is 7.47. The van der Waals surface area contributed by atoms with Crippen LogP contribution in [0.15, 0.2) is 42.5 Å². The molecule has 0 aromatic heterocycles. The summed E-state index contributed by atoms with van der Waals surface area (Å²) in [5, 5.41) is 14.4. The van der Waals surface area contributed by atoms with Crippen molar-refractivity contribution in [3.05, 3.63) is 59.2 Å². The van der Waals surface area contributed by atoms with Crippen molar-refractivity contribution in [3.63, 3.8) is 0 Å². The number of ether oxygens (including phenoxy) is 2. The number of hydrogen-bond acceptors (Lipinski definition) is 6. The number of carboxylic acid groups (broad SMARTS) is 1. The molecule has 1 amide bonds. The molecule has 0 radical (unpaired) electrons. The molecule has 0 bridgehead atoms. The van der Waals surface area contributed by atoms with Gasteiger partial charge >= 0.3 is 18.9 Å². The first-order valence-electron chi connectivity index (χ1n) is 14.5. The minimum Gasteiger partial charge on any atom is -0.548 e. The molecule has 41 heavy (non-hydrogen) atoms. The van der Waals surface area contributed by atoms with Crippen LogP contribution in [0, 0.1) is 12.8 Å². The van der Waals surface area contributed by atoms with E-state index < -0.39 is 17.9 Å². The molecule has 0 unspecified atom stereocenters. The standard InChI is InChI=1S/C33H47NO5S.Li/c1-23-11-9-10-14-27(23)29-20-25(15-16-28(29)31(35)34-30(32(36)37)17-18-40-5)21-38-26(22-39-33(2,3)4)19-24-12-7-6-8-13-24;/h9-11,14-16,20,24,26,30H,6-8,12-13,17-19,21-22H2,1-5H3,(H,34,35)(H,36,37);/q;+1/p-1/t26-,30-;/m0./s1. The van der Waals surface area contributed by atoms with Crippen molar-refractivity contribution in [1.82, 2.24) is 5.32 Å². The van der Waals surface area contributed by atoms with Crippen molar-refractivity contribution in [2.75, 3.05) is 18.6 Å². The Morgan fingerprint density at radius 1 is 1.07 bits per heavy atom. The number of rotatable bonds is 14. The summed E-state index contributed by atoms with van der Waals surface area (Å²) in [7, 11) is 0. The summed E-state index contributed by atoms with van der Waals surface area (Å²) in [5.41, 5.74) is 3.87. The van der Waals surface area contributed by atoms with E-state index in [1.807, 2.05) is 49.6 Å². The average molecular weight is 576 g/mol. The number of aliphatic carboxylic acids is 1. The number of amides is 1. The van der Waals surface area contributed by atoms with Gasteiger partial charge in [-0.25, -0.2) is 0 Å². The number of thioether (sulfide) groups is 1. The van der Waals surface area contributed by atoms with Gasteiger partial charge in [0.25, 0.3) is 5.91 Å². The van der Waals surface area contributed by atoms with Crippen molar-refractivity contribution < 1.29 is 43.0 Å². The fourth-order valence-electron chi connectivity index (χ4n) is 5.23. The van der Waals surface area contributed by atoms with Gasteiger partial charge in [0.1, 0.15) is 0 Å². The van der Waals surface area contributed by atoms with Gasteiger partial charge in [-0.3, -0.25) is 4.79 Å². The molecule has 0 aliphatic heterocycles. The minimum absolute atomic E-state index is 0. The zero-order chi connectivity index (χ0) is 29.1. The number of carbonyl (C=O) groups is 2. The Balaban J connectivity index is 0.00000588. The normalized spacial score (nSPS) is 15.5.